The van der Waals surface area contributed by atoms with Gasteiger partial charge < -0.3 is 19.0 Å². The quantitative estimate of drug-likeness (QED) is 0.429. The molecule has 2 rings (SSSR count). The maximum atomic E-state index is 12.5. The first-order valence-electron chi connectivity index (χ1n) is 10.5. The van der Waals surface area contributed by atoms with E-state index in [1.165, 1.54) is 19.2 Å². The fraction of sp³-hybridized carbons (Fsp3) is 0.417. The summed E-state index contributed by atoms with van der Waals surface area (Å²) in [5, 5.41) is 2.68. The number of rotatable bonds is 9. The number of ether oxygens (including phenoxy) is 2. The molecular weight excluding hydrogens is 446 g/mol. The highest BCUT2D eigenvalue weighted by atomic mass is 32.2. The Morgan fingerprint density at radius 1 is 1.00 bits per heavy atom. The molecule has 8 nitrogen and oxygen atoms in total. The number of hydrogen-bond donors (Lipinski definition) is 1. The smallest absolute Gasteiger partial charge is 0.407 e. The van der Waals surface area contributed by atoms with E-state index in [4.69, 9.17) is 13.7 Å². The Morgan fingerprint density at radius 3 is 2.15 bits per heavy atom. The number of alkyl carbamates (subject to hydrolysis) is 1. The number of carbonyl (C=O) groups excluding carboxylic acids is 2. The highest BCUT2D eigenvalue weighted by molar-refractivity contribution is 7.87. The molecule has 2 aromatic rings. The normalized spacial score (nSPS) is 12.5. The number of benzene rings is 2. The molecule has 1 atom stereocenters. The van der Waals surface area contributed by atoms with Crippen molar-refractivity contribution in [1.82, 2.24) is 5.32 Å². The molecule has 0 radical (unpaired) electrons. The Morgan fingerprint density at radius 2 is 1.61 bits per heavy atom. The molecule has 0 saturated carbocycles. The van der Waals surface area contributed by atoms with E-state index in [1.54, 1.807) is 57.2 Å². The van der Waals surface area contributed by atoms with Crippen molar-refractivity contribution in [3.8, 4) is 5.75 Å². The summed E-state index contributed by atoms with van der Waals surface area (Å²) < 4.78 is 40.1. The first kappa shape index (κ1) is 26.2. The van der Waals surface area contributed by atoms with Gasteiger partial charge in [0.25, 0.3) is 0 Å². The minimum absolute atomic E-state index is 0.0727. The van der Waals surface area contributed by atoms with Crippen LogP contribution in [0.3, 0.4) is 0 Å². The highest BCUT2D eigenvalue weighted by Gasteiger charge is 2.20. The molecule has 0 aromatic heterocycles. The van der Waals surface area contributed by atoms with Crippen molar-refractivity contribution in [3.63, 3.8) is 0 Å². The third kappa shape index (κ3) is 9.13. The van der Waals surface area contributed by atoms with Crippen molar-refractivity contribution in [1.29, 1.82) is 0 Å². The molecule has 1 N–H and O–H groups in total. The average molecular weight is 478 g/mol. The van der Waals surface area contributed by atoms with Crippen LogP contribution in [-0.4, -0.2) is 39.7 Å². The predicted octanol–water partition coefficient (Wildman–Crippen LogP) is 4.01. The number of carbonyl (C=O) groups is 2. The fourth-order valence-electron chi connectivity index (χ4n) is 2.97. The van der Waals surface area contributed by atoms with Crippen molar-refractivity contribution in [2.75, 3.05) is 13.7 Å². The lowest BCUT2D eigenvalue weighted by molar-refractivity contribution is -0.141. The Labute approximate surface area is 195 Å². The second-order valence-electron chi connectivity index (χ2n) is 8.73. The SMILES string of the molecule is COC(=O)CC(CNC(=O)OC(C)(C)C)Cc1ccc(OS(=O)(=O)c2ccc(C)cc2)cc1. The number of aryl methyl sites for hydroxylation is 1. The van der Waals surface area contributed by atoms with E-state index in [1.807, 2.05) is 6.92 Å². The van der Waals surface area contributed by atoms with Crippen LogP contribution < -0.4 is 9.50 Å². The van der Waals surface area contributed by atoms with Gasteiger partial charge in [-0.2, -0.15) is 8.42 Å². The van der Waals surface area contributed by atoms with E-state index in [-0.39, 0.29) is 29.5 Å². The van der Waals surface area contributed by atoms with Gasteiger partial charge in [-0.3, -0.25) is 4.79 Å². The van der Waals surface area contributed by atoms with Crippen LogP contribution in [0.2, 0.25) is 0 Å². The third-order valence-corrected chi connectivity index (χ3v) is 5.84. The van der Waals surface area contributed by atoms with Crippen molar-refractivity contribution in [2.45, 2.75) is 51.0 Å². The molecule has 0 aliphatic heterocycles. The minimum Gasteiger partial charge on any atom is -0.469 e. The summed E-state index contributed by atoms with van der Waals surface area (Å²) in [7, 11) is -2.63. The number of esters is 1. The monoisotopic (exact) mass is 477 g/mol. The van der Waals surface area contributed by atoms with Crippen LogP contribution >= 0.6 is 0 Å². The van der Waals surface area contributed by atoms with Gasteiger partial charge in [-0.05, 0) is 69.9 Å². The first-order chi connectivity index (χ1) is 15.4. The lowest BCUT2D eigenvalue weighted by Gasteiger charge is -2.22. The van der Waals surface area contributed by atoms with E-state index < -0.39 is 27.8 Å². The van der Waals surface area contributed by atoms with Crippen LogP contribution in [0.25, 0.3) is 0 Å². The maximum Gasteiger partial charge on any atom is 0.407 e. The first-order valence-corrected chi connectivity index (χ1v) is 11.9. The Hall–Kier alpha value is -3.07. The summed E-state index contributed by atoms with van der Waals surface area (Å²) in [6.07, 6.45) is -0.00942. The number of hydrogen-bond acceptors (Lipinski definition) is 7. The van der Waals surface area contributed by atoms with Gasteiger partial charge in [0.2, 0.25) is 0 Å². The van der Waals surface area contributed by atoms with Crippen LogP contribution in [-0.2, 0) is 30.8 Å². The number of amides is 1. The van der Waals surface area contributed by atoms with Gasteiger partial charge in [-0.25, -0.2) is 4.79 Å². The molecule has 180 valence electrons. The van der Waals surface area contributed by atoms with Gasteiger partial charge >= 0.3 is 22.2 Å². The summed E-state index contributed by atoms with van der Waals surface area (Å²) in [6, 6.07) is 12.9. The van der Waals surface area contributed by atoms with Gasteiger partial charge in [-0.15, -0.1) is 0 Å². The third-order valence-electron chi connectivity index (χ3n) is 4.58. The van der Waals surface area contributed by atoms with E-state index in [2.05, 4.69) is 5.32 Å². The van der Waals surface area contributed by atoms with Crippen LogP contribution in [0.4, 0.5) is 4.79 Å². The lowest BCUT2D eigenvalue weighted by atomic mass is 9.96. The molecule has 0 aliphatic rings. The van der Waals surface area contributed by atoms with E-state index >= 15 is 0 Å². The van der Waals surface area contributed by atoms with Crippen molar-refractivity contribution >= 4 is 22.2 Å². The van der Waals surface area contributed by atoms with E-state index in [9.17, 15) is 18.0 Å². The zero-order valence-corrected chi connectivity index (χ0v) is 20.4. The Kier molecular flexibility index (Phi) is 8.87. The van der Waals surface area contributed by atoms with Gasteiger partial charge in [-0.1, -0.05) is 29.8 Å². The molecule has 33 heavy (non-hydrogen) atoms. The van der Waals surface area contributed by atoms with E-state index in [0.29, 0.717) is 6.42 Å². The molecule has 9 heteroatoms. The molecule has 0 spiro atoms. The van der Waals surface area contributed by atoms with Crippen molar-refractivity contribution in [2.24, 2.45) is 5.92 Å². The summed E-state index contributed by atoms with van der Waals surface area (Å²) in [5.41, 5.74) is 1.16. The molecule has 0 fully saturated rings. The van der Waals surface area contributed by atoms with Gasteiger partial charge in [0.15, 0.2) is 0 Å². The summed E-state index contributed by atoms with van der Waals surface area (Å²) in [5.74, 6) is -0.459. The van der Waals surface area contributed by atoms with Crippen molar-refractivity contribution in [3.05, 3.63) is 59.7 Å². The van der Waals surface area contributed by atoms with Crippen LogP contribution in [0, 0.1) is 12.8 Å². The average Bonchev–Trinajstić information content (AvgIpc) is 2.72. The van der Waals surface area contributed by atoms with Gasteiger partial charge in [0.1, 0.15) is 16.2 Å². The lowest BCUT2D eigenvalue weighted by Crippen LogP contribution is -2.36. The molecule has 0 bridgehead atoms. The van der Waals surface area contributed by atoms with Gasteiger partial charge in [0.05, 0.1) is 13.5 Å². The molecule has 0 aliphatic carbocycles. The molecular formula is C24H31NO7S. The Balaban J connectivity index is 2.04. The zero-order chi connectivity index (χ0) is 24.6. The second kappa shape index (κ2) is 11.2. The largest absolute Gasteiger partial charge is 0.469 e. The van der Waals surface area contributed by atoms with Crippen LogP contribution in [0.5, 0.6) is 5.75 Å². The molecule has 0 saturated heterocycles. The maximum absolute atomic E-state index is 12.5. The zero-order valence-electron chi connectivity index (χ0n) is 19.6. The topological polar surface area (TPSA) is 108 Å². The minimum atomic E-state index is -3.94. The van der Waals surface area contributed by atoms with Crippen LogP contribution in [0.15, 0.2) is 53.4 Å². The molecule has 1 unspecified atom stereocenters. The number of nitrogens with one attached hydrogen (secondary N) is 1. The van der Waals surface area contributed by atoms with Crippen LogP contribution in [0.1, 0.15) is 38.3 Å². The second-order valence-corrected chi connectivity index (χ2v) is 10.3. The highest BCUT2D eigenvalue weighted by Crippen LogP contribution is 2.21. The van der Waals surface area contributed by atoms with Crippen molar-refractivity contribution < 1.29 is 31.7 Å². The predicted molar refractivity (Wildman–Crippen MR) is 123 cm³/mol. The molecule has 1 amide bonds. The fourth-order valence-corrected chi connectivity index (χ4v) is 3.90. The summed E-state index contributed by atoms with van der Waals surface area (Å²) in [4.78, 5) is 23.8. The van der Waals surface area contributed by atoms with E-state index in [0.717, 1.165) is 11.1 Å². The molecule has 0 heterocycles. The summed E-state index contributed by atoms with van der Waals surface area (Å²) >= 11 is 0. The number of methoxy groups -OCH3 is 1. The summed E-state index contributed by atoms with van der Waals surface area (Å²) in [6.45, 7) is 7.38. The molecule has 2 aromatic carbocycles. The van der Waals surface area contributed by atoms with Gasteiger partial charge in [0, 0.05) is 6.54 Å². The Bertz CT molecular complexity index is 1040. The standard InChI is InChI=1S/C24H31NO7S/c1-17-6-12-21(13-7-17)33(28,29)32-20-10-8-18(9-11-20)14-19(15-22(26)30-5)16-25-23(27)31-24(2,3)4/h6-13,19H,14-16H2,1-5H3,(H,25,27).